The molecule has 1 aliphatic rings. The fourth-order valence-corrected chi connectivity index (χ4v) is 4.01. The first-order valence-electron chi connectivity index (χ1n) is 10.4. The van der Waals surface area contributed by atoms with Gasteiger partial charge in [-0.3, -0.25) is 4.98 Å². The Balaban J connectivity index is 1.53. The largest absolute Gasteiger partial charge is 0.493 e. The number of fused-ring (bicyclic) bond motifs is 1. The van der Waals surface area contributed by atoms with Crippen molar-refractivity contribution in [1.82, 2.24) is 4.98 Å². The van der Waals surface area contributed by atoms with Gasteiger partial charge in [-0.15, -0.1) is 0 Å². The van der Waals surface area contributed by atoms with Gasteiger partial charge in [0.05, 0.1) is 31.2 Å². The van der Waals surface area contributed by atoms with Crippen molar-refractivity contribution in [1.29, 1.82) is 0 Å². The molecule has 4 rings (SSSR count). The molecule has 0 saturated heterocycles. The van der Waals surface area contributed by atoms with Crippen molar-refractivity contribution >= 4 is 23.0 Å². The molecular weight excluding hydrogens is 390 g/mol. The number of nitrogens with one attached hydrogen (secondary N) is 1. The van der Waals surface area contributed by atoms with Crippen LogP contribution in [0.2, 0.25) is 0 Å². The molecule has 3 aromatic rings. The van der Waals surface area contributed by atoms with Gasteiger partial charge in [-0.25, -0.2) is 4.79 Å². The third kappa shape index (κ3) is 4.33. The number of nitrogens with zero attached hydrogens (tertiary/aromatic N) is 2. The van der Waals surface area contributed by atoms with Crippen LogP contribution >= 0.6 is 0 Å². The van der Waals surface area contributed by atoms with Gasteiger partial charge in [0, 0.05) is 43.1 Å². The van der Waals surface area contributed by atoms with E-state index in [1.165, 1.54) is 23.9 Å². The van der Waals surface area contributed by atoms with Gasteiger partial charge in [-0.05, 0) is 42.7 Å². The predicted octanol–water partition coefficient (Wildman–Crippen LogP) is 4.92. The quantitative estimate of drug-likeness (QED) is 0.574. The maximum Gasteiger partial charge on any atom is 0.340 e. The summed E-state index contributed by atoms with van der Waals surface area (Å²) < 4.78 is 10.9. The molecule has 0 spiro atoms. The highest BCUT2D eigenvalue weighted by atomic mass is 16.5. The highest BCUT2D eigenvalue weighted by Crippen LogP contribution is 2.38. The van der Waals surface area contributed by atoms with E-state index in [1.807, 2.05) is 6.07 Å². The molecule has 0 saturated carbocycles. The number of para-hydroxylation sites is 1. The number of benzene rings is 2. The number of pyridine rings is 1. The molecule has 1 atom stereocenters. The number of methoxy groups -OCH3 is 1. The predicted molar refractivity (Wildman–Crippen MR) is 123 cm³/mol. The molecular formula is C25H27N3O3. The maximum absolute atomic E-state index is 12.0. The van der Waals surface area contributed by atoms with Crippen molar-refractivity contribution in [3.63, 3.8) is 0 Å². The molecule has 0 unspecified atom stereocenters. The molecule has 2 aromatic carbocycles. The van der Waals surface area contributed by atoms with Crippen LogP contribution in [0.25, 0.3) is 0 Å². The minimum absolute atomic E-state index is 0.271. The summed E-state index contributed by atoms with van der Waals surface area (Å²) in [6.45, 7) is 3.45. The highest BCUT2D eigenvalue weighted by Gasteiger charge is 2.23. The van der Waals surface area contributed by atoms with E-state index in [4.69, 9.17) is 9.47 Å². The lowest BCUT2D eigenvalue weighted by Crippen LogP contribution is -2.22. The van der Waals surface area contributed by atoms with Crippen LogP contribution in [0.15, 0.2) is 60.9 Å². The Kier molecular flexibility index (Phi) is 6.07. The summed E-state index contributed by atoms with van der Waals surface area (Å²) in [5, 5.41) is 3.38. The van der Waals surface area contributed by atoms with Gasteiger partial charge in [0.1, 0.15) is 5.75 Å². The number of aromatic nitrogens is 1. The number of anilines is 3. The van der Waals surface area contributed by atoms with Crippen LogP contribution in [-0.4, -0.2) is 38.3 Å². The summed E-state index contributed by atoms with van der Waals surface area (Å²) in [5.41, 5.74) is 5.82. The van der Waals surface area contributed by atoms with E-state index in [0.717, 1.165) is 17.9 Å². The second-order valence-electron chi connectivity index (χ2n) is 7.70. The lowest BCUT2D eigenvalue weighted by Gasteiger charge is -2.29. The lowest BCUT2D eigenvalue weighted by atomic mass is 9.92. The smallest absolute Gasteiger partial charge is 0.340 e. The van der Waals surface area contributed by atoms with E-state index in [9.17, 15) is 4.79 Å². The number of rotatable bonds is 6. The molecule has 160 valence electrons. The number of carbonyl (C=O) groups excluding carboxylic acids is 1. The van der Waals surface area contributed by atoms with Gasteiger partial charge in [-0.2, -0.15) is 0 Å². The van der Waals surface area contributed by atoms with E-state index in [0.29, 0.717) is 24.4 Å². The minimum Gasteiger partial charge on any atom is -0.493 e. The van der Waals surface area contributed by atoms with Crippen molar-refractivity contribution < 1.29 is 14.3 Å². The summed E-state index contributed by atoms with van der Waals surface area (Å²) >= 11 is 0. The van der Waals surface area contributed by atoms with Gasteiger partial charge >= 0.3 is 5.97 Å². The molecule has 1 N–H and O–H groups in total. The van der Waals surface area contributed by atoms with Gasteiger partial charge in [0.25, 0.3) is 0 Å². The monoisotopic (exact) mass is 417 g/mol. The molecule has 31 heavy (non-hydrogen) atoms. The first-order chi connectivity index (χ1) is 15.1. The molecule has 6 nitrogen and oxygen atoms in total. The second kappa shape index (κ2) is 9.08. The Labute approximate surface area is 182 Å². The summed E-state index contributed by atoms with van der Waals surface area (Å²) in [7, 11) is 3.45. The standard InChI is InChI=1S/C25H27N3O3/c1-17-6-4-5-7-23(17)28(2)19-8-9-20-18(11-13-31-24(20)14-19)15-27-22-16-26-12-10-21(22)25(29)30-3/h4-10,12,14,16,18,27H,11,13,15H2,1-3H3/t18-/m0/s1. The van der Waals surface area contributed by atoms with Gasteiger partial charge < -0.3 is 19.7 Å². The molecule has 0 aliphatic carbocycles. The van der Waals surface area contributed by atoms with Crippen molar-refractivity contribution in [2.45, 2.75) is 19.3 Å². The first-order valence-corrected chi connectivity index (χ1v) is 10.4. The van der Waals surface area contributed by atoms with E-state index < -0.39 is 0 Å². The first kappa shape index (κ1) is 20.7. The SMILES string of the molecule is COC(=O)c1ccncc1NC[C@@H]1CCOc2cc(N(C)c3ccccc3C)ccc21. The molecule has 1 aromatic heterocycles. The minimum atomic E-state index is -0.374. The zero-order valence-corrected chi connectivity index (χ0v) is 18.1. The number of esters is 1. The Morgan fingerprint density at radius 2 is 2.10 bits per heavy atom. The topological polar surface area (TPSA) is 63.7 Å². The van der Waals surface area contributed by atoms with Crippen LogP contribution in [0.3, 0.4) is 0 Å². The number of ether oxygens (including phenoxy) is 2. The Bertz CT molecular complexity index is 1080. The number of carbonyl (C=O) groups is 1. The van der Waals surface area contributed by atoms with E-state index in [-0.39, 0.29) is 11.9 Å². The van der Waals surface area contributed by atoms with Crippen LogP contribution < -0.4 is 15.0 Å². The van der Waals surface area contributed by atoms with Crippen LogP contribution in [0.5, 0.6) is 5.75 Å². The molecule has 0 amide bonds. The van der Waals surface area contributed by atoms with E-state index >= 15 is 0 Å². The van der Waals surface area contributed by atoms with Gasteiger partial charge in [0.2, 0.25) is 0 Å². The average molecular weight is 418 g/mol. The molecule has 6 heteroatoms. The van der Waals surface area contributed by atoms with Crippen LogP contribution in [0.1, 0.15) is 33.8 Å². The number of hydrogen-bond acceptors (Lipinski definition) is 6. The third-order valence-corrected chi connectivity index (χ3v) is 5.79. The molecule has 0 radical (unpaired) electrons. The maximum atomic E-state index is 12.0. The fourth-order valence-electron chi connectivity index (χ4n) is 4.01. The summed E-state index contributed by atoms with van der Waals surface area (Å²) in [6, 6.07) is 16.4. The Hall–Kier alpha value is -3.54. The zero-order valence-electron chi connectivity index (χ0n) is 18.1. The van der Waals surface area contributed by atoms with Crippen molar-refractivity contribution in [2.24, 2.45) is 0 Å². The lowest BCUT2D eigenvalue weighted by molar-refractivity contribution is 0.0601. The van der Waals surface area contributed by atoms with Crippen LogP contribution in [0, 0.1) is 6.92 Å². The summed E-state index contributed by atoms with van der Waals surface area (Å²) in [5.74, 6) is 0.809. The highest BCUT2D eigenvalue weighted by molar-refractivity contribution is 5.95. The summed E-state index contributed by atoms with van der Waals surface area (Å²) in [4.78, 5) is 18.3. The Morgan fingerprint density at radius 3 is 2.90 bits per heavy atom. The van der Waals surface area contributed by atoms with E-state index in [2.05, 4.69) is 65.6 Å². The fraction of sp³-hybridized carbons (Fsp3) is 0.280. The van der Waals surface area contributed by atoms with Gasteiger partial charge in [-0.1, -0.05) is 24.3 Å². The normalized spacial score (nSPS) is 14.9. The number of hydrogen-bond donors (Lipinski definition) is 1. The van der Waals surface area contributed by atoms with Crippen molar-refractivity contribution in [3.05, 3.63) is 77.6 Å². The second-order valence-corrected chi connectivity index (χ2v) is 7.70. The molecule has 1 aliphatic heterocycles. The van der Waals surface area contributed by atoms with Gasteiger partial charge in [0.15, 0.2) is 0 Å². The van der Waals surface area contributed by atoms with Crippen molar-refractivity contribution in [2.75, 3.05) is 37.5 Å². The van der Waals surface area contributed by atoms with Crippen LogP contribution in [0.4, 0.5) is 17.1 Å². The molecule has 2 heterocycles. The van der Waals surface area contributed by atoms with Crippen LogP contribution in [-0.2, 0) is 4.74 Å². The molecule has 0 bridgehead atoms. The van der Waals surface area contributed by atoms with E-state index in [1.54, 1.807) is 18.5 Å². The van der Waals surface area contributed by atoms with Crippen molar-refractivity contribution in [3.8, 4) is 5.75 Å². The summed E-state index contributed by atoms with van der Waals surface area (Å²) in [6.07, 6.45) is 4.15. The zero-order chi connectivity index (χ0) is 21.8. The molecule has 0 fully saturated rings. The average Bonchev–Trinajstić information content (AvgIpc) is 2.82. The number of aryl methyl sites for hydroxylation is 1. The third-order valence-electron chi connectivity index (χ3n) is 5.79. The Morgan fingerprint density at radius 1 is 1.26 bits per heavy atom.